The molecular weight excluding hydrogens is 226 g/mol. The molecule has 1 unspecified atom stereocenters. The van der Waals surface area contributed by atoms with Crippen LogP contribution in [0.5, 0.6) is 0 Å². The Labute approximate surface area is 102 Å². The number of hydrogen-bond donors (Lipinski definition) is 0. The summed E-state index contributed by atoms with van der Waals surface area (Å²) in [5, 5.41) is 0.333. The third-order valence-corrected chi connectivity index (χ3v) is 3.90. The Morgan fingerprint density at radius 3 is 2.75 bits per heavy atom. The molecule has 16 heavy (non-hydrogen) atoms. The molecule has 1 aliphatic heterocycles. The molecule has 0 aromatic heterocycles. The zero-order chi connectivity index (χ0) is 11.5. The van der Waals surface area contributed by atoms with E-state index in [1.165, 1.54) is 0 Å². The molecule has 1 heterocycles. The monoisotopic (exact) mass is 245 g/mol. The van der Waals surface area contributed by atoms with Gasteiger partial charge in [0.1, 0.15) is 6.10 Å². The smallest absolute Gasteiger partial charge is 0.251 e. The lowest BCUT2D eigenvalue weighted by molar-refractivity contribution is -0.146. The molecule has 1 aliphatic carbocycles. The quantitative estimate of drug-likeness (QED) is 0.712. The van der Waals surface area contributed by atoms with Crippen LogP contribution in [0.25, 0.3) is 0 Å². The molecule has 1 saturated heterocycles. The van der Waals surface area contributed by atoms with Crippen LogP contribution in [0.1, 0.15) is 32.1 Å². The number of hydrogen-bond acceptors (Lipinski definition) is 2. The summed E-state index contributed by atoms with van der Waals surface area (Å²) in [5.41, 5.74) is 0. The molecule has 2 aliphatic rings. The molecule has 3 nitrogen and oxygen atoms in total. The first-order valence-corrected chi connectivity index (χ1v) is 6.61. The lowest BCUT2D eigenvalue weighted by Crippen LogP contribution is -2.44. The molecule has 1 amide bonds. The summed E-state index contributed by atoms with van der Waals surface area (Å²) in [6.45, 7) is 1.57. The Hall–Kier alpha value is -0.280. The summed E-state index contributed by atoms with van der Waals surface area (Å²) in [5.74, 6) is 0.748. The van der Waals surface area contributed by atoms with Crippen LogP contribution in [0.15, 0.2) is 0 Å². The second kappa shape index (κ2) is 5.37. The Balaban J connectivity index is 1.74. The molecule has 2 rings (SSSR count). The zero-order valence-corrected chi connectivity index (χ0v) is 10.6. The molecule has 0 N–H and O–H groups in total. The first kappa shape index (κ1) is 12.2. The third-order valence-electron chi connectivity index (χ3n) is 3.54. The second-order valence-electron chi connectivity index (χ2n) is 5.01. The minimum Gasteiger partial charge on any atom is -0.368 e. The molecule has 0 aromatic rings. The number of rotatable bonds is 3. The largest absolute Gasteiger partial charge is 0.368 e. The van der Waals surface area contributed by atoms with Gasteiger partial charge in [0.05, 0.1) is 0 Å². The fourth-order valence-electron chi connectivity index (χ4n) is 2.46. The van der Waals surface area contributed by atoms with Gasteiger partial charge in [0, 0.05) is 25.6 Å². The average molecular weight is 246 g/mol. The van der Waals surface area contributed by atoms with Crippen LogP contribution in [0.3, 0.4) is 0 Å². The SMILES string of the molecule is CN(CC1CC(Cl)C1)C(=O)C1CCCCO1. The van der Waals surface area contributed by atoms with E-state index in [0.29, 0.717) is 11.3 Å². The molecule has 0 aromatic carbocycles. The molecular formula is C12H20ClNO2. The van der Waals surface area contributed by atoms with E-state index < -0.39 is 0 Å². The molecule has 92 valence electrons. The van der Waals surface area contributed by atoms with E-state index in [4.69, 9.17) is 16.3 Å². The van der Waals surface area contributed by atoms with Gasteiger partial charge in [-0.2, -0.15) is 0 Å². The topological polar surface area (TPSA) is 29.5 Å². The van der Waals surface area contributed by atoms with Gasteiger partial charge in [-0.1, -0.05) is 0 Å². The van der Waals surface area contributed by atoms with Crippen LogP contribution in [0.4, 0.5) is 0 Å². The Kier molecular flexibility index (Phi) is 4.09. The number of carbonyl (C=O) groups excluding carboxylic acids is 1. The molecule has 0 bridgehead atoms. The van der Waals surface area contributed by atoms with Crippen LogP contribution < -0.4 is 0 Å². The molecule has 1 atom stereocenters. The summed E-state index contributed by atoms with van der Waals surface area (Å²) < 4.78 is 5.50. The number of amides is 1. The third kappa shape index (κ3) is 2.89. The number of alkyl halides is 1. The number of likely N-dealkylation sites (N-methyl/N-ethyl adjacent to an activating group) is 1. The first-order valence-electron chi connectivity index (χ1n) is 6.17. The average Bonchev–Trinajstić information content (AvgIpc) is 2.27. The summed E-state index contributed by atoms with van der Waals surface area (Å²) in [7, 11) is 1.88. The van der Waals surface area contributed by atoms with Gasteiger partial charge < -0.3 is 9.64 Å². The van der Waals surface area contributed by atoms with Crippen molar-refractivity contribution >= 4 is 17.5 Å². The minimum absolute atomic E-state index is 0.151. The van der Waals surface area contributed by atoms with Gasteiger partial charge in [-0.25, -0.2) is 0 Å². The van der Waals surface area contributed by atoms with Gasteiger partial charge in [0.25, 0.3) is 5.91 Å². The van der Waals surface area contributed by atoms with Crippen molar-refractivity contribution < 1.29 is 9.53 Å². The standard InChI is InChI=1S/C12H20ClNO2/c1-14(8-9-6-10(13)7-9)12(15)11-4-2-3-5-16-11/h9-11H,2-8H2,1H3. The van der Waals surface area contributed by atoms with Crippen molar-refractivity contribution in [3.05, 3.63) is 0 Å². The van der Waals surface area contributed by atoms with Crippen molar-refractivity contribution in [1.82, 2.24) is 4.90 Å². The summed E-state index contributed by atoms with van der Waals surface area (Å²) >= 11 is 5.93. The maximum Gasteiger partial charge on any atom is 0.251 e. The predicted octanol–water partition coefficient (Wildman–Crippen LogP) is 2.03. The van der Waals surface area contributed by atoms with Crippen molar-refractivity contribution in [2.45, 2.75) is 43.6 Å². The van der Waals surface area contributed by atoms with Crippen molar-refractivity contribution in [1.29, 1.82) is 0 Å². The van der Waals surface area contributed by atoms with E-state index in [1.54, 1.807) is 0 Å². The van der Waals surface area contributed by atoms with Gasteiger partial charge >= 0.3 is 0 Å². The molecule has 0 spiro atoms. The van der Waals surface area contributed by atoms with Crippen molar-refractivity contribution in [3.63, 3.8) is 0 Å². The molecule has 1 saturated carbocycles. The van der Waals surface area contributed by atoms with E-state index in [9.17, 15) is 4.79 Å². The number of carbonyl (C=O) groups is 1. The van der Waals surface area contributed by atoms with Crippen LogP contribution in [0.2, 0.25) is 0 Å². The van der Waals surface area contributed by atoms with Crippen LogP contribution in [-0.4, -0.2) is 42.5 Å². The molecule has 2 fully saturated rings. The lowest BCUT2D eigenvalue weighted by Gasteiger charge is -2.35. The summed E-state index contributed by atoms with van der Waals surface area (Å²) in [6, 6.07) is 0. The van der Waals surface area contributed by atoms with Gasteiger partial charge in [-0.15, -0.1) is 11.6 Å². The number of halogens is 1. The van der Waals surface area contributed by atoms with Crippen molar-refractivity contribution in [2.75, 3.05) is 20.2 Å². The minimum atomic E-state index is -0.189. The van der Waals surface area contributed by atoms with Gasteiger partial charge in [-0.05, 0) is 38.0 Å². The van der Waals surface area contributed by atoms with E-state index in [2.05, 4.69) is 0 Å². The fourth-order valence-corrected chi connectivity index (χ4v) is 2.97. The maximum absolute atomic E-state index is 12.0. The molecule has 0 radical (unpaired) electrons. The van der Waals surface area contributed by atoms with Crippen LogP contribution in [-0.2, 0) is 9.53 Å². The van der Waals surface area contributed by atoms with Crippen LogP contribution in [0, 0.1) is 5.92 Å². The predicted molar refractivity (Wildman–Crippen MR) is 63.6 cm³/mol. The highest BCUT2D eigenvalue weighted by Gasteiger charge is 2.31. The zero-order valence-electron chi connectivity index (χ0n) is 9.82. The van der Waals surface area contributed by atoms with Crippen LogP contribution >= 0.6 is 11.6 Å². The molecule has 4 heteroatoms. The maximum atomic E-state index is 12.0. The normalized spacial score (nSPS) is 34.2. The van der Waals surface area contributed by atoms with E-state index in [1.807, 2.05) is 11.9 Å². The van der Waals surface area contributed by atoms with E-state index >= 15 is 0 Å². The number of ether oxygens (including phenoxy) is 1. The van der Waals surface area contributed by atoms with Gasteiger partial charge in [0.2, 0.25) is 0 Å². The highest BCUT2D eigenvalue weighted by atomic mass is 35.5. The Bertz CT molecular complexity index is 247. The fraction of sp³-hybridized carbons (Fsp3) is 0.917. The Morgan fingerprint density at radius 1 is 1.44 bits per heavy atom. The highest BCUT2D eigenvalue weighted by molar-refractivity contribution is 6.21. The van der Waals surface area contributed by atoms with E-state index in [0.717, 1.165) is 45.3 Å². The first-order chi connectivity index (χ1) is 7.66. The van der Waals surface area contributed by atoms with E-state index in [-0.39, 0.29) is 12.0 Å². The highest BCUT2D eigenvalue weighted by Crippen LogP contribution is 2.32. The Morgan fingerprint density at radius 2 is 2.19 bits per heavy atom. The second-order valence-corrected chi connectivity index (χ2v) is 5.63. The summed E-state index contributed by atoms with van der Waals surface area (Å²) in [6.07, 6.45) is 4.98. The van der Waals surface area contributed by atoms with Gasteiger partial charge in [-0.3, -0.25) is 4.79 Å². The van der Waals surface area contributed by atoms with Crippen molar-refractivity contribution in [2.24, 2.45) is 5.92 Å². The lowest BCUT2D eigenvalue weighted by atomic mass is 9.84. The van der Waals surface area contributed by atoms with Crippen molar-refractivity contribution in [3.8, 4) is 0 Å². The van der Waals surface area contributed by atoms with Gasteiger partial charge in [0.15, 0.2) is 0 Å². The number of nitrogens with zero attached hydrogens (tertiary/aromatic N) is 1. The summed E-state index contributed by atoms with van der Waals surface area (Å²) in [4.78, 5) is 13.8.